The molecule has 0 unspecified atom stereocenters. The summed E-state index contributed by atoms with van der Waals surface area (Å²) >= 11 is 1.67. The Bertz CT molecular complexity index is 1160. The van der Waals surface area contributed by atoms with Gasteiger partial charge in [0.15, 0.2) is 5.65 Å². The Morgan fingerprint density at radius 3 is 2.60 bits per heavy atom. The molecule has 1 aromatic carbocycles. The van der Waals surface area contributed by atoms with E-state index >= 15 is 0 Å². The lowest BCUT2D eigenvalue weighted by molar-refractivity contribution is 0.0952. The molecular weight excluding hydrogens is 400 g/mol. The van der Waals surface area contributed by atoms with E-state index in [0.29, 0.717) is 35.8 Å². The van der Waals surface area contributed by atoms with Crippen molar-refractivity contribution in [2.75, 3.05) is 14.2 Å². The van der Waals surface area contributed by atoms with Gasteiger partial charge in [0, 0.05) is 23.2 Å². The van der Waals surface area contributed by atoms with Crippen LogP contribution in [-0.2, 0) is 13.1 Å². The van der Waals surface area contributed by atoms with Crippen molar-refractivity contribution in [2.24, 2.45) is 0 Å². The number of nitrogens with zero attached hydrogens (tertiary/aromatic N) is 3. The summed E-state index contributed by atoms with van der Waals surface area (Å²) in [5.41, 5.74) is 2.92. The summed E-state index contributed by atoms with van der Waals surface area (Å²) < 4.78 is 12.4. The molecule has 0 aliphatic rings. The molecule has 4 rings (SSSR count). The summed E-state index contributed by atoms with van der Waals surface area (Å²) in [5, 5.41) is 10.2. The minimum Gasteiger partial charge on any atom is -0.497 e. The lowest BCUT2D eigenvalue weighted by Gasteiger charge is -2.10. The third kappa shape index (κ3) is 4.13. The van der Waals surface area contributed by atoms with Gasteiger partial charge in [0.05, 0.1) is 37.9 Å². The zero-order valence-corrected chi connectivity index (χ0v) is 17.8. The monoisotopic (exact) mass is 422 g/mol. The molecule has 1 N–H and O–H groups in total. The van der Waals surface area contributed by atoms with Crippen molar-refractivity contribution in [3.8, 4) is 11.5 Å². The molecule has 0 saturated carbocycles. The first kappa shape index (κ1) is 19.9. The number of rotatable bonds is 7. The molecule has 0 bridgehead atoms. The highest BCUT2D eigenvalue weighted by Gasteiger charge is 2.16. The number of ether oxygens (including phenoxy) is 2. The lowest BCUT2D eigenvalue weighted by atomic mass is 10.1. The molecule has 4 aromatic rings. The highest BCUT2D eigenvalue weighted by Crippen LogP contribution is 2.23. The van der Waals surface area contributed by atoms with Gasteiger partial charge >= 0.3 is 0 Å². The van der Waals surface area contributed by atoms with Crippen LogP contribution < -0.4 is 14.8 Å². The number of aryl methyl sites for hydroxylation is 1. The normalized spacial score (nSPS) is 10.9. The number of nitrogens with one attached hydrogen (secondary N) is 1. The Hall–Kier alpha value is -3.39. The van der Waals surface area contributed by atoms with Crippen molar-refractivity contribution in [3.63, 3.8) is 0 Å². The molecule has 0 atom stereocenters. The van der Waals surface area contributed by atoms with Crippen molar-refractivity contribution >= 4 is 28.3 Å². The van der Waals surface area contributed by atoms with Gasteiger partial charge in [0.25, 0.3) is 5.91 Å². The summed E-state index contributed by atoms with van der Waals surface area (Å²) in [4.78, 5) is 18.8. The van der Waals surface area contributed by atoms with E-state index in [1.807, 2.05) is 35.2 Å². The van der Waals surface area contributed by atoms with Crippen LogP contribution in [0.4, 0.5) is 0 Å². The lowest BCUT2D eigenvalue weighted by Crippen LogP contribution is -2.23. The van der Waals surface area contributed by atoms with Crippen LogP contribution in [0.25, 0.3) is 11.0 Å². The average molecular weight is 423 g/mol. The van der Waals surface area contributed by atoms with E-state index in [1.165, 1.54) is 4.88 Å². The maximum absolute atomic E-state index is 13.0. The van der Waals surface area contributed by atoms with Crippen LogP contribution in [0.5, 0.6) is 11.5 Å². The van der Waals surface area contributed by atoms with Crippen molar-refractivity contribution in [1.29, 1.82) is 0 Å². The number of amides is 1. The summed E-state index contributed by atoms with van der Waals surface area (Å²) in [6.07, 6.45) is 1.71. The van der Waals surface area contributed by atoms with E-state index in [2.05, 4.69) is 21.5 Å². The largest absolute Gasteiger partial charge is 0.497 e. The fourth-order valence-corrected chi connectivity index (χ4v) is 3.96. The number of methoxy groups -OCH3 is 2. The number of benzene rings is 1. The molecule has 8 heteroatoms. The van der Waals surface area contributed by atoms with Gasteiger partial charge in [0.2, 0.25) is 0 Å². The maximum atomic E-state index is 13.0. The van der Waals surface area contributed by atoms with E-state index in [1.54, 1.807) is 43.9 Å². The third-order valence-corrected chi connectivity index (χ3v) is 5.59. The van der Waals surface area contributed by atoms with E-state index in [-0.39, 0.29) is 5.91 Å². The van der Waals surface area contributed by atoms with Gasteiger partial charge in [-0.05, 0) is 42.1 Å². The second-order valence-electron chi connectivity index (χ2n) is 6.83. The van der Waals surface area contributed by atoms with Crippen LogP contribution >= 0.6 is 11.3 Å². The topological polar surface area (TPSA) is 78.3 Å². The molecule has 7 nitrogen and oxygen atoms in total. The van der Waals surface area contributed by atoms with Crippen LogP contribution in [0.3, 0.4) is 0 Å². The molecule has 1 amide bonds. The number of aromatic nitrogens is 3. The standard InChI is InChI=1S/C22H22N4O3S/c1-14-7-19(20-12-24-26(21(20)25-14)13-18-5-4-6-30-18)22(27)23-11-15-8-16(28-2)10-17(9-15)29-3/h4-10,12H,11,13H2,1-3H3,(H,23,27). The Morgan fingerprint density at radius 1 is 1.17 bits per heavy atom. The van der Waals surface area contributed by atoms with Crippen LogP contribution in [0.15, 0.2) is 48.0 Å². The summed E-state index contributed by atoms with van der Waals surface area (Å²) in [5.74, 6) is 1.18. The molecule has 3 heterocycles. The fraction of sp³-hybridized carbons (Fsp3) is 0.227. The van der Waals surface area contributed by atoms with Gasteiger partial charge in [0.1, 0.15) is 11.5 Å². The van der Waals surface area contributed by atoms with Crippen LogP contribution in [0, 0.1) is 6.92 Å². The fourth-order valence-electron chi connectivity index (χ4n) is 3.27. The maximum Gasteiger partial charge on any atom is 0.252 e. The number of carbonyl (C=O) groups is 1. The van der Waals surface area contributed by atoms with Gasteiger partial charge < -0.3 is 14.8 Å². The molecule has 0 aliphatic heterocycles. The first-order valence-electron chi connectivity index (χ1n) is 9.43. The predicted molar refractivity (Wildman–Crippen MR) is 116 cm³/mol. The molecule has 0 saturated heterocycles. The van der Waals surface area contributed by atoms with E-state index in [4.69, 9.17) is 9.47 Å². The Balaban J connectivity index is 1.58. The molecule has 154 valence electrons. The van der Waals surface area contributed by atoms with Crippen molar-refractivity contribution in [3.05, 3.63) is 69.7 Å². The zero-order valence-electron chi connectivity index (χ0n) is 17.0. The molecule has 0 fully saturated rings. The highest BCUT2D eigenvalue weighted by atomic mass is 32.1. The highest BCUT2D eigenvalue weighted by molar-refractivity contribution is 7.09. The van der Waals surface area contributed by atoms with E-state index in [9.17, 15) is 4.79 Å². The second-order valence-corrected chi connectivity index (χ2v) is 7.87. The van der Waals surface area contributed by atoms with Crippen molar-refractivity contribution in [1.82, 2.24) is 20.1 Å². The SMILES string of the molecule is COc1cc(CNC(=O)c2cc(C)nc3c2cnn3Cc2cccs2)cc(OC)c1. The molecule has 0 aliphatic carbocycles. The molecule has 30 heavy (non-hydrogen) atoms. The Labute approximate surface area is 178 Å². The second kappa shape index (κ2) is 8.54. The zero-order chi connectivity index (χ0) is 21.1. The van der Waals surface area contributed by atoms with Crippen molar-refractivity contribution < 1.29 is 14.3 Å². The quantitative estimate of drug-likeness (QED) is 0.490. The van der Waals surface area contributed by atoms with Crippen molar-refractivity contribution in [2.45, 2.75) is 20.0 Å². The molecule has 0 radical (unpaired) electrons. The third-order valence-electron chi connectivity index (χ3n) is 4.73. The number of pyridine rings is 1. The Kier molecular flexibility index (Phi) is 5.67. The number of fused-ring (bicyclic) bond motifs is 1. The summed E-state index contributed by atoms with van der Waals surface area (Å²) in [7, 11) is 3.20. The number of hydrogen-bond acceptors (Lipinski definition) is 6. The van der Waals surface area contributed by atoms with Gasteiger partial charge in [-0.2, -0.15) is 5.10 Å². The number of thiophene rings is 1. The van der Waals surface area contributed by atoms with Gasteiger partial charge in [-0.3, -0.25) is 4.79 Å². The number of hydrogen-bond donors (Lipinski definition) is 1. The van der Waals surface area contributed by atoms with Crippen LogP contribution in [0.1, 0.15) is 26.5 Å². The first-order chi connectivity index (χ1) is 14.6. The van der Waals surface area contributed by atoms with Gasteiger partial charge in [-0.15, -0.1) is 11.3 Å². The first-order valence-corrected chi connectivity index (χ1v) is 10.3. The average Bonchev–Trinajstić information content (AvgIpc) is 3.41. The van der Waals surface area contributed by atoms with Gasteiger partial charge in [-0.25, -0.2) is 9.67 Å². The minimum atomic E-state index is -0.178. The molecular formula is C22H22N4O3S. The number of carbonyl (C=O) groups excluding carboxylic acids is 1. The van der Waals surface area contributed by atoms with Crippen LogP contribution in [0.2, 0.25) is 0 Å². The van der Waals surface area contributed by atoms with Gasteiger partial charge in [-0.1, -0.05) is 6.07 Å². The summed E-state index contributed by atoms with van der Waals surface area (Å²) in [6, 6.07) is 11.4. The minimum absolute atomic E-state index is 0.178. The Morgan fingerprint density at radius 2 is 1.93 bits per heavy atom. The van der Waals surface area contributed by atoms with Crippen LogP contribution in [-0.4, -0.2) is 34.9 Å². The predicted octanol–water partition coefficient (Wildman–Crippen LogP) is 3.80. The van der Waals surface area contributed by atoms with E-state index < -0.39 is 0 Å². The summed E-state index contributed by atoms with van der Waals surface area (Å²) in [6.45, 7) is 2.85. The molecule has 0 spiro atoms. The smallest absolute Gasteiger partial charge is 0.252 e. The van der Waals surface area contributed by atoms with E-state index in [0.717, 1.165) is 16.6 Å². The molecule has 3 aromatic heterocycles.